The second-order valence-corrected chi connectivity index (χ2v) is 4.54. The second-order valence-electron chi connectivity index (χ2n) is 3.52. The van der Waals surface area contributed by atoms with Crippen molar-refractivity contribution >= 4 is 23.4 Å². The molecule has 1 aromatic carbocycles. The number of carbonyl (C=O) groups is 1. The molecule has 1 aliphatic rings. The van der Waals surface area contributed by atoms with Crippen LogP contribution in [-0.4, -0.2) is 25.3 Å². The Bertz CT molecular complexity index is 379. The summed E-state index contributed by atoms with van der Waals surface area (Å²) in [6.45, 7) is 0.982. The summed E-state index contributed by atoms with van der Waals surface area (Å²) in [6, 6.07) is 6.23. The molecule has 0 saturated heterocycles. The van der Waals surface area contributed by atoms with Crippen molar-refractivity contribution in [2.24, 2.45) is 0 Å². The van der Waals surface area contributed by atoms with Crippen molar-refractivity contribution in [1.29, 1.82) is 0 Å². The van der Waals surface area contributed by atoms with Crippen LogP contribution in [0.25, 0.3) is 0 Å². The highest BCUT2D eigenvalue weighted by atomic mass is 32.2. The predicted octanol–water partition coefficient (Wildman–Crippen LogP) is 1.49. The second kappa shape index (κ2) is 4.68. The molecule has 1 heterocycles. The fourth-order valence-corrected chi connectivity index (χ4v) is 2.41. The molecule has 0 radical (unpaired) electrons. The van der Waals surface area contributed by atoms with E-state index in [2.05, 4.69) is 22.8 Å². The molecule has 2 N–H and O–H groups in total. The first-order chi connectivity index (χ1) is 7.29. The maximum Gasteiger partial charge on any atom is 0.234 e. The Kier molecular flexibility index (Phi) is 3.28. The highest BCUT2D eigenvalue weighted by molar-refractivity contribution is 8.00. The van der Waals surface area contributed by atoms with Gasteiger partial charge < -0.3 is 10.6 Å². The van der Waals surface area contributed by atoms with Gasteiger partial charge in [0, 0.05) is 4.90 Å². The van der Waals surface area contributed by atoms with Crippen molar-refractivity contribution in [3.8, 4) is 0 Å². The van der Waals surface area contributed by atoms with Gasteiger partial charge in [0.1, 0.15) is 0 Å². The predicted molar refractivity (Wildman–Crippen MR) is 63.4 cm³/mol. The molecular formula is C11H14N2OS. The van der Waals surface area contributed by atoms with Gasteiger partial charge in [0.05, 0.1) is 11.4 Å². The first-order valence-corrected chi connectivity index (χ1v) is 5.98. The summed E-state index contributed by atoms with van der Waals surface area (Å²) in [5.41, 5.74) is 2.26. The Hall–Kier alpha value is -1.00. The van der Waals surface area contributed by atoms with Gasteiger partial charge in [-0.1, -0.05) is 6.07 Å². The van der Waals surface area contributed by atoms with Crippen molar-refractivity contribution in [1.82, 2.24) is 5.32 Å². The van der Waals surface area contributed by atoms with E-state index >= 15 is 0 Å². The lowest BCUT2D eigenvalue weighted by Crippen LogP contribution is -2.18. The summed E-state index contributed by atoms with van der Waals surface area (Å²) in [7, 11) is 1.95. The third kappa shape index (κ3) is 2.52. The van der Waals surface area contributed by atoms with Gasteiger partial charge >= 0.3 is 0 Å². The Labute approximate surface area is 93.6 Å². The molecule has 15 heavy (non-hydrogen) atoms. The molecule has 2 rings (SSSR count). The van der Waals surface area contributed by atoms with E-state index < -0.39 is 0 Å². The largest absolute Gasteiger partial charge is 0.324 e. The molecule has 1 aromatic rings. The standard InChI is InChI=1S/C11H14N2OS/c1-12-5-4-8-2-3-9-10(6-8)15-7-11(14)13-9/h2-3,6,12H,4-5,7H2,1H3,(H,13,14). The number of carbonyl (C=O) groups excluding carboxylic acids is 1. The van der Waals surface area contributed by atoms with Crippen molar-refractivity contribution in [3.63, 3.8) is 0 Å². The van der Waals surface area contributed by atoms with Gasteiger partial charge in [-0.25, -0.2) is 0 Å². The van der Waals surface area contributed by atoms with Gasteiger partial charge in [-0.15, -0.1) is 11.8 Å². The zero-order chi connectivity index (χ0) is 10.7. The minimum atomic E-state index is 0.0930. The third-order valence-electron chi connectivity index (χ3n) is 2.34. The minimum Gasteiger partial charge on any atom is -0.324 e. The molecule has 0 aromatic heterocycles. The number of anilines is 1. The Morgan fingerprint density at radius 2 is 2.40 bits per heavy atom. The van der Waals surface area contributed by atoms with E-state index in [4.69, 9.17) is 0 Å². The van der Waals surface area contributed by atoms with Gasteiger partial charge in [0.2, 0.25) is 5.91 Å². The molecule has 0 fully saturated rings. The van der Waals surface area contributed by atoms with E-state index in [1.807, 2.05) is 13.1 Å². The summed E-state index contributed by atoms with van der Waals surface area (Å²) in [5.74, 6) is 0.623. The van der Waals surface area contributed by atoms with Crippen LogP contribution in [0.5, 0.6) is 0 Å². The Balaban J connectivity index is 2.15. The van der Waals surface area contributed by atoms with Gasteiger partial charge in [0.15, 0.2) is 0 Å². The normalized spacial score (nSPS) is 14.6. The van der Waals surface area contributed by atoms with Crippen LogP contribution in [0.1, 0.15) is 5.56 Å². The van der Waals surface area contributed by atoms with Crippen LogP contribution in [-0.2, 0) is 11.2 Å². The number of rotatable bonds is 3. The number of benzene rings is 1. The number of fused-ring (bicyclic) bond motifs is 1. The van der Waals surface area contributed by atoms with Gasteiger partial charge in [-0.05, 0) is 37.7 Å². The van der Waals surface area contributed by atoms with E-state index in [9.17, 15) is 4.79 Å². The third-order valence-corrected chi connectivity index (χ3v) is 3.40. The lowest BCUT2D eigenvalue weighted by Gasteiger charge is -2.16. The molecular weight excluding hydrogens is 208 g/mol. The monoisotopic (exact) mass is 222 g/mol. The number of thioether (sulfide) groups is 1. The Morgan fingerprint density at radius 1 is 1.53 bits per heavy atom. The molecule has 0 atom stereocenters. The summed E-state index contributed by atoms with van der Waals surface area (Å²) in [5, 5.41) is 5.99. The van der Waals surface area contributed by atoms with Gasteiger partial charge in [-0.3, -0.25) is 4.79 Å². The summed E-state index contributed by atoms with van der Waals surface area (Å²) in [4.78, 5) is 12.3. The molecule has 0 aliphatic carbocycles. The van der Waals surface area contributed by atoms with Crippen LogP contribution in [0.2, 0.25) is 0 Å². The van der Waals surface area contributed by atoms with Crippen LogP contribution in [0.4, 0.5) is 5.69 Å². The molecule has 80 valence electrons. The number of hydrogen-bond acceptors (Lipinski definition) is 3. The number of amides is 1. The van der Waals surface area contributed by atoms with Crippen molar-refractivity contribution in [3.05, 3.63) is 23.8 Å². The van der Waals surface area contributed by atoms with Crippen molar-refractivity contribution in [2.75, 3.05) is 24.7 Å². The van der Waals surface area contributed by atoms with E-state index in [0.717, 1.165) is 18.7 Å². The van der Waals surface area contributed by atoms with Crippen LogP contribution in [0.3, 0.4) is 0 Å². The summed E-state index contributed by atoms with van der Waals surface area (Å²) < 4.78 is 0. The summed E-state index contributed by atoms with van der Waals surface area (Å²) in [6.07, 6.45) is 1.03. The van der Waals surface area contributed by atoms with Crippen molar-refractivity contribution in [2.45, 2.75) is 11.3 Å². The SMILES string of the molecule is CNCCc1ccc2c(c1)SCC(=O)N2. The first kappa shape index (κ1) is 10.5. The maximum absolute atomic E-state index is 11.1. The number of likely N-dealkylation sites (N-methyl/N-ethyl adjacent to an activating group) is 1. The minimum absolute atomic E-state index is 0.0930. The molecule has 0 unspecified atom stereocenters. The van der Waals surface area contributed by atoms with Crippen LogP contribution in [0, 0.1) is 0 Å². The zero-order valence-electron chi connectivity index (χ0n) is 8.67. The fourth-order valence-electron chi connectivity index (χ4n) is 1.54. The molecule has 0 saturated carbocycles. The van der Waals surface area contributed by atoms with Crippen molar-refractivity contribution < 1.29 is 4.79 Å². The van der Waals surface area contributed by atoms with Crippen LogP contribution < -0.4 is 10.6 Å². The molecule has 1 aliphatic heterocycles. The van der Waals surface area contributed by atoms with Gasteiger partial charge in [0.25, 0.3) is 0 Å². The molecule has 0 bridgehead atoms. The topological polar surface area (TPSA) is 41.1 Å². The average Bonchev–Trinajstić information content (AvgIpc) is 2.26. The summed E-state index contributed by atoms with van der Waals surface area (Å²) >= 11 is 1.61. The average molecular weight is 222 g/mol. The lowest BCUT2D eigenvalue weighted by molar-refractivity contribution is -0.113. The lowest BCUT2D eigenvalue weighted by atomic mass is 10.1. The van der Waals surface area contributed by atoms with E-state index in [1.54, 1.807) is 11.8 Å². The van der Waals surface area contributed by atoms with Crippen LogP contribution >= 0.6 is 11.8 Å². The maximum atomic E-state index is 11.1. The molecule has 3 nitrogen and oxygen atoms in total. The highest BCUT2D eigenvalue weighted by Crippen LogP contribution is 2.31. The van der Waals surface area contributed by atoms with Gasteiger partial charge in [-0.2, -0.15) is 0 Å². The molecule has 4 heteroatoms. The van der Waals surface area contributed by atoms with Crippen LogP contribution in [0.15, 0.2) is 23.1 Å². The van der Waals surface area contributed by atoms with E-state index in [-0.39, 0.29) is 5.91 Å². The van der Waals surface area contributed by atoms with E-state index in [1.165, 1.54) is 10.5 Å². The number of hydrogen-bond donors (Lipinski definition) is 2. The van der Waals surface area contributed by atoms with E-state index in [0.29, 0.717) is 5.75 Å². The quantitative estimate of drug-likeness (QED) is 0.814. The molecule has 0 spiro atoms. The zero-order valence-corrected chi connectivity index (χ0v) is 9.49. The number of nitrogens with one attached hydrogen (secondary N) is 2. The Morgan fingerprint density at radius 3 is 3.20 bits per heavy atom. The smallest absolute Gasteiger partial charge is 0.234 e. The fraction of sp³-hybridized carbons (Fsp3) is 0.364. The molecule has 1 amide bonds. The highest BCUT2D eigenvalue weighted by Gasteiger charge is 2.14. The first-order valence-electron chi connectivity index (χ1n) is 5.00.